The molecule has 6 aromatic rings. The van der Waals surface area contributed by atoms with Gasteiger partial charge in [0.15, 0.2) is 6.29 Å². The standard InChI is InChI=1S/C63H74O16P2S/c1-62(2)42-72-80(64,73-43-62)78-58-56(69-38-49-29-17-8-18-30-49)54(67-36-47-25-13-6-14-26-47)52(40-66-35-46-23-11-5-12-24-46)76-60(58)71-41-53-55(68-37-48-27-15-7-16-28-48)57(70-39-50-31-19-9-20-32-50)59(61(77-53)82-51-33-21-10-22-34-51)79-81(65)74-44-63(3,4)45-75-81/h5-34,52-61H,35-45H2,1-4H3/t52-,53-,54-,55-,56+,57+,58-,59-,60-,61+/m1/s1. The molecule has 82 heavy (non-hydrogen) atoms. The molecule has 4 aliphatic heterocycles. The van der Waals surface area contributed by atoms with Crippen LogP contribution in [0.25, 0.3) is 0 Å². The van der Waals surface area contributed by atoms with Crippen molar-refractivity contribution < 1.29 is 74.2 Å². The lowest BCUT2D eigenvalue weighted by molar-refractivity contribution is -0.326. The molecule has 0 unspecified atom stereocenters. The maximum atomic E-state index is 14.9. The van der Waals surface area contributed by atoms with Crippen LogP contribution >= 0.6 is 27.4 Å². The Morgan fingerprint density at radius 1 is 0.402 bits per heavy atom. The number of phosphoric acid groups is 2. The average Bonchev–Trinajstić information content (AvgIpc) is 3.68. The summed E-state index contributed by atoms with van der Waals surface area (Å²) in [4.78, 5) is 0.832. The second kappa shape index (κ2) is 28.6. The molecule has 0 spiro atoms. The molecule has 10 atom stereocenters. The summed E-state index contributed by atoms with van der Waals surface area (Å²) in [6, 6.07) is 58.4. The highest BCUT2D eigenvalue weighted by Crippen LogP contribution is 2.59. The summed E-state index contributed by atoms with van der Waals surface area (Å²) in [6.45, 7) is 8.86. The van der Waals surface area contributed by atoms with Crippen LogP contribution in [0.5, 0.6) is 0 Å². The average molecular weight is 1180 g/mol. The van der Waals surface area contributed by atoms with Gasteiger partial charge in [-0.05, 0) is 39.9 Å². The van der Waals surface area contributed by atoms with Gasteiger partial charge < -0.3 is 37.9 Å². The van der Waals surface area contributed by atoms with E-state index in [0.717, 1.165) is 32.7 Å². The maximum absolute atomic E-state index is 14.9. The molecular weight excluding hydrogens is 1110 g/mol. The first-order valence-electron chi connectivity index (χ1n) is 27.8. The van der Waals surface area contributed by atoms with Crippen LogP contribution in [-0.4, -0.2) is 100 Å². The Balaban J connectivity index is 1.04. The quantitative estimate of drug-likeness (QED) is 0.0497. The van der Waals surface area contributed by atoms with Gasteiger partial charge >= 0.3 is 15.6 Å². The molecule has 4 fully saturated rings. The lowest BCUT2D eigenvalue weighted by Gasteiger charge is -2.48. The number of hydrogen-bond donors (Lipinski definition) is 0. The third kappa shape index (κ3) is 17.1. The molecule has 4 aliphatic rings. The van der Waals surface area contributed by atoms with E-state index in [1.807, 2.05) is 210 Å². The summed E-state index contributed by atoms with van der Waals surface area (Å²) < 4.78 is 123. The van der Waals surface area contributed by atoms with Gasteiger partial charge in [0.25, 0.3) is 0 Å². The highest BCUT2D eigenvalue weighted by Gasteiger charge is 2.56. The SMILES string of the molecule is CC1(C)COP(=O)(O[C@@H]2[C@@H](OCc3ccccc3)[C@H](OCc3ccccc3)[C@@H](CO[C@@H]3O[C@H](COCc4ccccc4)[C@@H](OCc4ccccc4)[C@H](OCc4ccccc4)[C@H]3OP3(=O)OCC(C)(C)CO3)O[C@H]2Sc2ccccc2)OC1. The van der Waals surface area contributed by atoms with Crippen LogP contribution in [0.1, 0.15) is 55.5 Å². The van der Waals surface area contributed by atoms with E-state index in [9.17, 15) is 9.13 Å². The molecule has 0 saturated carbocycles. The van der Waals surface area contributed by atoms with Gasteiger partial charge in [-0.3, -0.25) is 27.1 Å². The fourth-order valence-corrected chi connectivity index (χ4v) is 14.3. The van der Waals surface area contributed by atoms with E-state index in [1.165, 1.54) is 11.8 Å². The molecule has 4 heterocycles. The molecule has 0 aliphatic carbocycles. The Bertz CT molecular complexity index is 2930. The van der Waals surface area contributed by atoms with Gasteiger partial charge in [-0.2, -0.15) is 0 Å². The number of ether oxygens (including phenoxy) is 8. The van der Waals surface area contributed by atoms with Crippen LogP contribution in [0.15, 0.2) is 187 Å². The predicted molar refractivity (Wildman–Crippen MR) is 308 cm³/mol. The first-order chi connectivity index (χ1) is 39.8. The number of benzene rings is 6. The zero-order valence-electron chi connectivity index (χ0n) is 46.7. The largest absolute Gasteiger partial charge is 0.475 e. The third-order valence-electron chi connectivity index (χ3n) is 14.1. The minimum absolute atomic E-state index is 0.0271. The fourth-order valence-electron chi connectivity index (χ4n) is 9.61. The lowest BCUT2D eigenvalue weighted by Crippen LogP contribution is -2.63. The zero-order valence-corrected chi connectivity index (χ0v) is 49.3. The number of hydrogen-bond acceptors (Lipinski definition) is 17. The fraction of sp³-hybridized carbons (Fsp3) is 0.429. The van der Waals surface area contributed by atoms with E-state index < -0.39 is 87.0 Å². The topological polar surface area (TPSA) is 163 Å². The van der Waals surface area contributed by atoms with Gasteiger partial charge in [0.1, 0.15) is 54.3 Å². The van der Waals surface area contributed by atoms with Gasteiger partial charge in [0.05, 0.1) is 72.7 Å². The Kier molecular flexibility index (Phi) is 21.2. The molecule has 4 saturated heterocycles. The van der Waals surface area contributed by atoms with E-state index in [0.29, 0.717) is 0 Å². The highest BCUT2D eigenvalue weighted by molar-refractivity contribution is 7.99. The minimum Gasteiger partial charge on any atom is -0.374 e. The van der Waals surface area contributed by atoms with Crippen molar-refractivity contribution in [3.63, 3.8) is 0 Å². The summed E-state index contributed by atoms with van der Waals surface area (Å²) in [5.41, 5.74) is 2.68. The molecule has 0 bridgehead atoms. The van der Waals surface area contributed by atoms with Crippen molar-refractivity contribution in [1.82, 2.24) is 0 Å². The number of thioether (sulfide) groups is 1. The summed E-state index contributed by atoms with van der Waals surface area (Å²) in [5, 5.41) is 0. The van der Waals surface area contributed by atoms with Crippen molar-refractivity contribution in [3.05, 3.63) is 210 Å². The number of phosphoric ester groups is 2. The van der Waals surface area contributed by atoms with Crippen molar-refractivity contribution in [3.8, 4) is 0 Å². The second-order valence-electron chi connectivity index (χ2n) is 22.4. The van der Waals surface area contributed by atoms with Crippen LogP contribution in [-0.2, 0) is 107 Å². The van der Waals surface area contributed by atoms with Crippen molar-refractivity contribution >= 4 is 27.4 Å². The normalized spacial score (nSPS) is 27.6. The van der Waals surface area contributed by atoms with Crippen molar-refractivity contribution in [1.29, 1.82) is 0 Å². The predicted octanol–water partition coefficient (Wildman–Crippen LogP) is 12.9. The molecule has 0 radical (unpaired) electrons. The van der Waals surface area contributed by atoms with Crippen molar-refractivity contribution in [2.24, 2.45) is 10.8 Å². The van der Waals surface area contributed by atoms with Gasteiger partial charge in [-0.25, -0.2) is 9.13 Å². The summed E-state index contributed by atoms with van der Waals surface area (Å²) in [6.07, 6.45) is -9.55. The third-order valence-corrected chi connectivity index (χ3v) is 18.0. The van der Waals surface area contributed by atoms with Crippen LogP contribution in [0, 0.1) is 10.8 Å². The monoisotopic (exact) mass is 1180 g/mol. The molecule has 16 nitrogen and oxygen atoms in total. The van der Waals surface area contributed by atoms with E-state index in [2.05, 4.69) is 0 Å². The minimum atomic E-state index is -4.34. The Labute approximate surface area is 485 Å². The van der Waals surface area contributed by atoms with Crippen molar-refractivity contribution in [2.45, 2.75) is 126 Å². The van der Waals surface area contributed by atoms with Crippen LogP contribution in [0.3, 0.4) is 0 Å². The van der Waals surface area contributed by atoms with Gasteiger partial charge in [0.2, 0.25) is 0 Å². The second-order valence-corrected chi connectivity index (χ2v) is 26.8. The van der Waals surface area contributed by atoms with E-state index in [1.54, 1.807) is 0 Å². The van der Waals surface area contributed by atoms with E-state index in [4.69, 9.17) is 65.0 Å². The zero-order chi connectivity index (χ0) is 56.8. The van der Waals surface area contributed by atoms with Gasteiger partial charge in [-0.1, -0.05) is 209 Å². The molecule has 0 amide bonds. The molecular formula is C63H74O16P2S. The lowest BCUT2D eigenvalue weighted by atomic mass is 9.97. The van der Waals surface area contributed by atoms with Crippen molar-refractivity contribution in [2.75, 3.05) is 39.6 Å². The molecule has 6 aromatic carbocycles. The first-order valence-corrected chi connectivity index (χ1v) is 31.6. The van der Waals surface area contributed by atoms with Crippen LogP contribution in [0.2, 0.25) is 0 Å². The summed E-state index contributed by atoms with van der Waals surface area (Å²) >= 11 is 1.36. The summed E-state index contributed by atoms with van der Waals surface area (Å²) in [7, 11) is -8.57. The van der Waals surface area contributed by atoms with Gasteiger partial charge in [-0.15, -0.1) is 0 Å². The molecule has 0 aromatic heterocycles. The van der Waals surface area contributed by atoms with Crippen LogP contribution in [0.4, 0.5) is 0 Å². The summed E-state index contributed by atoms with van der Waals surface area (Å²) in [5.74, 6) is 0. The Morgan fingerprint density at radius 3 is 1.16 bits per heavy atom. The molecule has 0 N–H and O–H groups in total. The number of rotatable bonds is 25. The Morgan fingerprint density at radius 2 is 0.744 bits per heavy atom. The first kappa shape index (κ1) is 60.7. The van der Waals surface area contributed by atoms with E-state index in [-0.39, 0.29) is 72.7 Å². The maximum Gasteiger partial charge on any atom is 0.475 e. The molecule has 10 rings (SSSR count). The van der Waals surface area contributed by atoms with E-state index >= 15 is 0 Å². The Hall–Kier alpha value is -4.43. The van der Waals surface area contributed by atoms with Gasteiger partial charge in [0, 0.05) is 15.7 Å². The highest BCUT2D eigenvalue weighted by atomic mass is 32.2. The molecule has 438 valence electrons. The smallest absolute Gasteiger partial charge is 0.374 e. The van der Waals surface area contributed by atoms with Crippen LogP contribution < -0.4 is 0 Å². The molecule has 19 heteroatoms.